The predicted molar refractivity (Wildman–Crippen MR) is 76.8 cm³/mol. The molecule has 0 saturated heterocycles. The fourth-order valence-corrected chi connectivity index (χ4v) is 3.21. The van der Waals surface area contributed by atoms with Gasteiger partial charge in [-0.2, -0.15) is 0 Å². The number of aryl methyl sites for hydroxylation is 1. The van der Waals surface area contributed by atoms with Crippen LogP contribution in [-0.4, -0.2) is 4.98 Å². The first-order valence-corrected chi connectivity index (χ1v) is 6.77. The van der Waals surface area contributed by atoms with E-state index in [2.05, 4.69) is 35.5 Å². The van der Waals surface area contributed by atoms with Gasteiger partial charge in [-0.3, -0.25) is 4.98 Å². The van der Waals surface area contributed by atoms with Crippen LogP contribution in [0.5, 0.6) is 0 Å². The van der Waals surface area contributed by atoms with Crippen LogP contribution in [0.1, 0.15) is 22.0 Å². The smallest absolute Gasteiger partial charge is 0.0654 e. The maximum atomic E-state index is 6.42. The molecule has 18 heavy (non-hydrogen) atoms. The number of nitrogens with two attached hydrogens (primary N) is 1. The van der Waals surface area contributed by atoms with E-state index in [0.29, 0.717) is 0 Å². The average Bonchev–Trinajstić information content (AvgIpc) is 2.83. The van der Waals surface area contributed by atoms with Gasteiger partial charge in [0.1, 0.15) is 0 Å². The highest BCUT2D eigenvalue weighted by Gasteiger charge is 2.15. The summed E-state index contributed by atoms with van der Waals surface area (Å²) in [5.74, 6) is 0. The summed E-state index contributed by atoms with van der Waals surface area (Å²) in [5, 5.41) is 4.42. The Bertz CT molecular complexity index is 682. The van der Waals surface area contributed by atoms with Gasteiger partial charge in [0, 0.05) is 22.7 Å². The van der Waals surface area contributed by atoms with Gasteiger partial charge in [-0.25, -0.2) is 0 Å². The SMILES string of the molecule is Cc1ccsc1C(N)c1cccc2cnccc12. The van der Waals surface area contributed by atoms with E-state index < -0.39 is 0 Å². The molecule has 0 fully saturated rings. The zero-order valence-corrected chi connectivity index (χ0v) is 10.9. The Labute approximate surface area is 110 Å². The third kappa shape index (κ3) is 1.82. The molecule has 3 rings (SSSR count). The molecule has 0 radical (unpaired) electrons. The number of nitrogens with zero attached hydrogens (tertiary/aromatic N) is 1. The molecule has 2 aromatic heterocycles. The van der Waals surface area contributed by atoms with Crippen LogP contribution in [-0.2, 0) is 0 Å². The molecule has 1 aromatic carbocycles. The Hall–Kier alpha value is -1.71. The topological polar surface area (TPSA) is 38.9 Å². The second kappa shape index (κ2) is 4.52. The quantitative estimate of drug-likeness (QED) is 0.758. The van der Waals surface area contributed by atoms with Gasteiger partial charge in [-0.15, -0.1) is 11.3 Å². The van der Waals surface area contributed by atoms with E-state index in [0.717, 1.165) is 5.39 Å². The molecular formula is C15H14N2S. The third-order valence-corrected chi connectivity index (χ3v) is 4.34. The van der Waals surface area contributed by atoms with E-state index in [1.54, 1.807) is 11.3 Å². The first-order chi connectivity index (χ1) is 8.77. The van der Waals surface area contributed by atoms with E-state index in [1.165, 1.54) is 21.4 Å². The maximum Gasteiger partial charge on any atom is 0.0654 e. The van der Waals surface area contributed by atoms with E-state index >= 15 is 0 Å². The van der Waals surface area contributed by atoms with Crippen molar-refractivity contribution in [1.29, 1.82) is 0 Å². The van der Waals surface area contributed by atoms with Crippen molar-refractivity contribution in [1.82, 2.24) is 4.98 Å². The molecule has 0 bridgehead atoms. The molecule has 2 nitrogen and oxygen atoms in total. The van der Waals surface area contributed by atoms with Gasteiger partial charge < -0.3 is 5.73 Å². The summed E-state index contributed by atoms with van der Waals surface area (Å²) in [6, 6.07) is 10.3. The van der Waals surface area contributed by atoms with Crippen LogP contribution in [0, 0.1) is 6.92 Å². The Morgan fingerprint density at radius 1 is 1.22 bits per heavy atom. The van der Waals surface area contributed by atoms with E-state index in [4.69, 9.17) is 5.73 Å². The van der Waals surface area contributed by atoms with E-state index in [9.17, 15) is 0 Å². The monoisotopic (exact) mass is 254 g/mol. The van der Waals surface area contributed by atoms with Crippen LogP contribution >= 0.6 is 11.3 Å². The second-order valence-electron chi connectivity index (χ2n) is 4.39. The summed E-state index contributed by atoms with van der Waals surface area (Å²) in [6.45, 7) is 2.11. The second-order valence-corrected chi connectivity index (χ2v) is 5.34. The van der Waals surface area contributed by atoms with Gasteiger partial charge in [-0.1, -0.05) is 18.2 Å². The lowest BCUT2D eigenvalue weighted by molar-refractivity contribution is 0.894. The van der Waals surface area contributed by atoms with Crippen LogP contribution in [0.4, 0.5) is 0 Å². The van der Waals surface area contributed by atoms with Crippen molar-refractivity contribution in [3.05, 3.63) is 64.1 Å². The number of rotatable bonds is 2. The molecule has 0 aliphatic rings. The molecule has 3 aromatic rings. The lowest BCUT2D eigenvalue weighted by atomic mass is 9.98. The Kier molecular flexibility index (Phi) is 2.86. The van der Waals surface area contributed by atoms with Gasteiger partial charge in [0.2, 0.25) is 0 Å². The van der Waals surface area contributed by atoms with Crippen molar-refractivity contribution >= 4 is 22.1 Å². The first-order valence-electron chi connectivity index (χ1n) is 5.89. The van der Waals surface area contributed by atoms with Crippen molar-refractivity contribution < 1.29 is 0 Å². The van der Waals surface area contributed by atoms with Gasteiger partial charge in [0.15, 0.2) is 0 Å². The normalized spacial score (nSPS) is 12.8. The van der Waals surface area contributed by atoms with Gasteiger partial charge in [0.25, 0.3) is 0 Å². The molecule has 1 unspecified atom stereocenters. The van der Waals surface area contributed by atoms with Crippen molar-refractivity contribution in [2.75, 3.05) is 0 Å². The van der Waals surface area contributed by atoms with Crippen LogP contribution in [0.25, 0.3) is 10.8 Å². The molecular weight excluding hydrogens is 240 g/mol. The molecule has 3 heteroatoms. The molecule has 0 aliphatic heterocycles. The van der Waals surface area contributed by atoms with Crippen LogP contribution in [0.2, 0.25) is 0 Å². The van der Waals surface area contributed by atoms with Crippen molar-refractivity contribution in [2.24, 2.45) is 5.73 Å². The minimum absolute atomic E-state index is 0.0592. The number of pyridine rings is 1. The standard InChI is InChI=1S/C15H14N2S/c1-10-6-8-18-15(10)14(16)13-4-2-3-11-9-17-7-5-12(11)13/h2-9,14H,16H2,1H3. The van der Waals surface area contributed by atoms with E-state index in [1.807, 2.05) is 24.5 Å². The zero-order chi connectivity index (χ0) is 12.5. The average molecular weight is 254 g/mol. The van der Waals surface area contributed by atoms with E-state index in [-0.39, 0.29) is 6.04 Å². The molecule has 1 atom stereocenters. The van der Waals surface area contributed by atoms with Crippen molar-refractivity contribution in [2.45, 2.75) is 13.0 Å². The lowest BCUT2D eigenvalue weighted by Crippen LogP contribution is -2.11. The number of aromatic nitrogens is 1. The van der Waals surface area contributed by atoms with Crippen molar-refractivity contribution in [3.8, 4) is 0 Å². The number of fused-ring (bicyclic) bond motifs is 1. The number of thiophene rings is 1. The number of benzene rings is 1. The summed E-state index contributed by atoms with van der Waals surface area (Å²) in [6.07, 6.45) is 3.70. The molecule has 0 saturated carbocycles. The zero-order valence-electron chi connectivity index (χ0n) is 10.1. The Morgan fingerprint density at radius 2 is 2.11 bits per heavy atom. The number of hydrogen-bond acceptors (Lipinski definition) is 3. The number of hydrogen-bond donors (Lipinski definition) is 1. The first kappa shape index (κ1) is 11.4. The summed E-state index contributed by atoms with van der Waals surface area (Å²) in [4.78, 5) is 5.39. The maximum absolute atomic E-state index is 6.42. The minimum Gasteiger partial charge on any atom is -0.320 e. The molecule has 0 amide bonds. The molecule has 2 N–H and O–H groups in total. The van der Waals surface area contributed by atoms with Gasteiger partial charge in [-0.05, 0) is 40.9 Å². The fourth-order valence-electron chi connectivity index (χ4n) is 2.26. The summed E-state index contributed by atoms with van der Waals surface area (Å²) < 4.78 is 0. The van der Waals surface area contributed by atoms with Crippen LogP contribution in [0.3, 0.4) is 0 Å². The third-order valence-electron chi connectivity index (χ3n) is 3.23. The summed E-state index contributed by atoms with van der Waals surface area (Å²) >= 11 is 1.72. The largest absolute Gasteiger partial charge is 0.320 e. The lowest BCUT2D eigenvalue weighted by Gasteiger charge is -2.14. The van der Waals surface area contributed by atoms with Crippen molar-refractivity contribution in [3.63, 3.8) is 0 Å². The predicted octanol–water partition coefficient (Wildman–Crippen LogP) is 3.65. The molecule has 90 valence electrons. The fraction of sp³-hybridized carbons (Fsp3) is 0.133. The highest BCUT2D eigenvalue weighted by atomic mass is 32.1. The highest BCUT2D eigenvalue weighted by Crippen LogP contribution is 2.31. The van der Waals surface area contributed by atoms with Gasteiger partial charge in [0.05, 0.1) is 6.04 Å². The molecule has 0 spiro atoms. The summed E-state index contributed by atoms with van der Waals surface area (Å²) in [5.41, 5.74) is 8.85. The van der Waals surface area contributed by atoms with Crippen LogP contribution in [0.15, 0.2) is 48.1 Å². The van der Waals surface area contributed by atoms with Gasteiger partial charge >= 0.3 is 0 Å². The Balaban J connectivity index is 2.18. The summed E-state index contributed by atoms with van der Waals surface area (Å²) in [7, 11) is 0. The highest BCUT2D eigenvalue weighted by molar-refractivity contribution is 7.10. The minimum atomic E-state index is -0.0592. The van der Waals surface area contributed by atoms with Crippen LogP contribution < -0.4 is 5.73 Å². The molecule has 0 aliphatic carbocycles. The molecule has 2 heterocycles. The Morgan fingerprint density at radius 3 is 2.89 bits per heavy atom.